The Bertz CT molecular complexity index is 1120. The van der Waals surface area contributed by atoms with E-state index in [1.54, 1.807) is 12.3 Å². The number of aliphatic hydroxyl groups excluding tert-OH is 1. The molecule has 0 bridgehead atoms. The van der Waals surface area contributed by atoms with Crippen LogP contribution in [0.5, 0.6) is 0 Å². The van der Waals surface area contributed by atoms with E-state index in [1.807, 2.05) is 4.90 Å². The summed E-state index contributed by atoms with van der Waals surface area (Å²) in [5, 5.41) is 16.3. The van der Waals surface area contributed by atoms with Crippen LogP contribution in [0.1, 0.15) is 24.4 Å². The number of rotatable bonds is 3. The average molecular weight is 451 g/mol. The molecule has 0 aliphatic carbocycles. The van der Waals surface area contributed by atoms with Crippen molar-refractivity contribution in [1.82, 2.24) is 19.5 Å². The number of anilines is 2. The molecule has 0 unspecified atom stereocenters. The molecule has 2 fully saturated rings. The Morgan fingerprint density at radius 1 is 1.23 bits per heavy atom. The maximum atomic E-state index is 14.4. The Hall–Kier alpha value is -2.98. The molecule has 2 aliphatic heterocycles. The number of hydrogen-bond donors (Lipinski definition) is 2. The number of aromatic nitrogens is 3. The zero-order valence-corrected chi connectivity index (χ0v) is 17.2. The molecular weight excluding hydrogens is 430 g/mol. The molecule has 31 heavy (non-hydrogen) atoms. The molecule has 0 saturated carbocycles. The quantitative estimate of drug-likeness (QED) is 0.640. The predicted octanol–water partition coefficient (Wildman–Crippen LogP) is 2.98. The van der Waals surface area contributed by atoms with E-state index in [0.29, 0.717) is 48.8 Å². The van der Waals surface area contributed by atoms with Crippen LogP contribution >= 0.6 is 12.4 Å². The fraction of sp³-hybridized carbons (Fsp3) is 0.350. The smallest absolute Gasteiger partial charge is 0.322 e. The number of carbonyl (C=O) groups excluding carboxylic acids is 1. The van der Waals surface area contributed by atoms with Crippen LogP contribution in [-0.2, 0) is 0 Å². The highest BCUT2D eigenvalue weighted by atomic mass is 35.5. The fourth-order valence-electron chi connectivity index (χ4n) is 4.06. The topological polar surface area (TPSA) is 86.0 Å². The third-order valence-electron chi connectivity index (χ3n) is 5.61. The summed E-state index contributed by atoms with van der Waals surface area (Å²) < 4.78 is 29.6. The zero-order valence-electron chi connectivity index (χ0n) is 16.4. The van der Waals surface area contributed by atoms with E-state index in [1.165, 1.54) is 21.7 Å². The Labute approximate surface area is 182 Å². The van der Waals surface area contributed by atoms with E-state index < -0.39 is 17.7 Å². The predicted molar refractivity (Wildman–Crippen MR) is 113 cm³/mol. The van der Waals surface area contributed by atoms with Gasteiger partial charge in [-0.3, -0.25) is 0 Å². The van der Waals surface area contributed by atoms with Crippen molar-refractivity contribution < 1.29 is 18.7 Å². The van der Waals surface area contributed by atoms with E-state index in [2.05, 4.69) is 15.4 Å². The Morgan fingerprint density at radius 2 is 2.03 bits per heavy atom. The summed E-state index contributed by atoms with van der Waals surface area (Å²) in [6.45, 7) is 1.24. The third-order valence-corrected chi connectivity index (χ3v) is 5.61. The number of aliphatic hydroxyl groups is 1. The van der Waals surface area contributed by atoms with E-state index in [-0.39, 0.29) is 24.5 Å². The number of nitrogens with zero attached hydrogens (tertiary/aromatic N) is 5. The highest BCUT2D eigenvalue weighted by Gasteiger charge is 2.31. The van der Waals surface area contributed by atoms with Gasteiger partial charge in [-0.15, -0.1) is 12.4 Å². The summed E-state index contributed by atoms with van der Waals surface area (Å²) >= 11 is 0. The van der Waals surface area contributed by atoms with Gasteiger partial charge in [0.1, 0.15) is 23.1 Å². The monoisotopic (exact) mass is 450 g/mol. The van der Waals surface area contributed by atoms with Gasteiger partial charge in [0, 0.05) is 18.3 Å². The highest BCUT2D eigenvalue weighted by Crippen LogP contribution is 2.37. The minimum atomic E-state index is -0.486. The molecule has 5 rings (SSSR count). The van der Waals surface area contributed by atoms with Gasteiger partial charge in [-0.05, 0) is 37.1 Å². The minimum Gasteiger partial charge on any atom is -0.389 e. The highest BCUT2D eigenvalue weighted by molar-refractivity contribution is 5.93. The number of benzene rings is 1. The van der Waals surface area contributed by atoms with E-state index in [9.17, 15) is 18.7 Å². The first kappa shape index (κ1) is 21.3. The van der Waals surface area contributed by atoms with Crippen molar-refractivity contribution in [1.29, 1.82) is 0 Å². The molecule has 8 nitrogen and oxygen atoms in total. The van der Waals surface area contributed by atoms with Crippen LogP contribution in [0.3, 0.4) is 0 Å². The van der Waals surface area contributed by atoms with Gasteiger partial charge in [0.15, 0.2) is 5.65 Å². The maximum absolute atomic E-state index is 14.4. The third kappa shape index (κ3) is 3.88. The first-order valence-electron chi connectivity index (χ1n) is 9.79. The van der Waals surface area contributed by atoms with Crippen molar-refractivity contribution in [2.24, 2.45) is 0 Å². The molecule has 2 N–H and O–H groups in total. The van der Waals surface area contributed by atoms with Crippen LogP contribution in [0.15, 0.2) is 36.7 Å². The summed E-state index contributed by atoms with van der Waals surface area (Å²) in [7, 11) is 0. The molecule has 1 aromatic carbocycles. The average Bonchev–Trinajstić information content (AvgIpc) is 3.34. The molecule has 164 valence electrons. The molecule has 2 aromatic heterocycles. The fourth-order valence-corrected chi connectivity index (χ4v) is 4.06. The molecule has 0 radical (unpaired) electrons. The van der Waals surface area contributed by atoms with Crippen molar-refractivity contribution in [2.45, 2.75) is 25.0 Å². The van der Waals surface area contributed by atoms with Crippen LogP contribution < -0.4 is 10.2 Å². The number of halogens is 3. The van der Waals surface area contributed by atoms with E-state index in [4.69, 9.17) is 0 Å². The first-order chi connectivity index (χ1) is 14.5. The molecule has 11 heteroatoms. The second-order valence-electron chi connectivity index (χ2n) is 7.62. The van der Waals surface area contributed by atoms with Gasteiger partial charge in [-0.25, -0.2) is 23.1 Å². The summed E-state index contributed by atoms with van der Waals surface area (Å²) in [6.07, 6.45) is 4.26. The van der Waals surface area contributed by atoms with Gasteiger partial charge in [0.25, 0.3) is 0 Å². The number of urea groups is 1. The van der Waals surface area contributed by atoms with Gasteiger partial charge in [0.05, 0.1) is 31.4 Å². The van der Waals surface area contributed by atoms with E-state index >= 15 is 0 Å². The second kappa shape index (κ2) is 8.27. The van der Waals surface area contributed by atoms with Gasteiger partial charge < -0.3 is 20.2 Å². The molecule has 4 heterocycles. The van der Waals surface area contributed by atoms with Gasteiger partial charge in [-0.2, -0.15) is 5.10 Å². The molecule has 1 atom stereocenters. The minimum absolute atomic E-state index is 0. The van der Waals surface area contributed by atoms with Crippen LogP contribution in [0.25, 0.3) is 5.65 Å². The van der Waals surface area contributed by atoms with Crippen LogP contribution in [0.4, 0.5) is 25.1 Å². The lowest BCUT2D eigenvalue weighted by Gasteiger charge is -2.35. The maximum Gasteiger partial charge on any atom is 0.322 e. The van der Waals surface area contributed by atoms with Crippen molar-refractivity contribution in [2.75, 3.05) is 29.9 Å². The number of nitrogens with one attached hydrogen (secondary N) is 1. The van der Waals surface area contributed by atoms with Crippen LogP contribution in [0.2, 0.25) is 0 Å². The molecule has 2 saturated heterocycles. The molecule has 3 aromatic rings. The summed E-state index contributed by atoms with van der Waals surface area (Å²) in [6, 6.07) is 4.62. The number of amides is 2. The summed E-state index contributed by atoms with van der Waals surface area (Å²) in [5.74, 6) is -0.314. The van der Waals surface area contributed by atoms with Gasteiger partial charge in [0.2, 0.25) is 0 Å². The lowest BCUT2D eigenvalue weighted by Crippen LogP contribution is -2.54. The largest absolute Gasteiger partial charge is 0.389 e. The summed E-state index contributed by atoms with van der Waals surface area (Å²) in [4.78, 5) is 20.4. The number of carbonyl (C=O) groups is 1. The zero-order chi connectivity index (χ0) is 20.8. The molecule has 0 spiro atoms. The van der Waals surface area contributed by atoms with Crippen LogP contribution in [-0.4, -0.2) is 56.4 Å². The Kier molecular flexibility index (Phi) is 5.67. The van der Waals surface area contributed by atoms with Crippen LogP contribution in [0, 0.1) is 11.6 Å². The number of fused-ring (bicyclic) bond motifs is 1. The standard InChI is InChI=1S/C20H20F2N6O2.ClH/c21-12-3-4-15(22)14(8-12)17-2-1-6-27(17)18-5-7-28-19(25-18)16(9-23-28)24-20(30)26-10-13(29)11-26;/h3-5,7-9,13,17,29H,1-2,6,10-11H2,(H,24,30);1H/t17-;/m1./s1. The number of likely N-dealkylation sites (tertiary alicyclic amines) is 1. The van der Waals surface area contributed by atoms with Crippen molar-refractivity contribution >= 4 is 35.6 Å². The second-order valence-corrected chi connectivity index (χ2v) is 7.62. The lowest BCUT2D eigenvalue weighted by molar-refractivity contribution is 0.0309. The Balaban J connectivity index is 0.00000231. The Morgan fingerprint density at radius 3 is 2.81 bits per heavy atom. The first-order valence-corrected chi connectivity index (χ1v) is 9.79. The lowest BCUT2D eigenvalue weighted by atomic mass is 10.0. The van der Waals surface area contributed by atoms with Crippen molar-refractivity contribution in [3.63, 3.8) is 0 Å². The van der Waals surface area contributed by atoms with Gasteiger partial charge in [-0.1, -0.05) is 0 Å². The van der Waals surface area contributed by atoms with Gasteiger partial charge >= 0.3 is 6.03 Å². The summed E-state index contributed by atoms with van der Waals surface area (Å²) in [5.41, 5.74) is 1.20. The van der Waals surface area contributed by atoms with E-state index in [0.717, 1.165) is 18.6 Å². The molecule has 2 aliphatic rings. The number of hydrogen-bond acceptors (Lipinski definition) is 5. The normalized spacial score (nSPS) is 18.7. The molecular formula is C20H21ClF2N6O2. The SMILES string of the molecule is Cl.O=C(Nc1cnn2ccc(N3CCC[C@@H]3c3cc(F)ccc3F)nc12)N1CC(O)C1. The van der Waals surface area contributed by atoms with Crippen molar-refractivity contribution in [3.8, 4) is 0 Å². The number of β-amino-alcohol motifs (C(OH)–C–C–N with tert-alkyl or cyclic N) is 1. The van der Waals surface area contributed by atoms with Crippen molar-refractivity contribution in [3.05, 3.63) is 53.9 Å². The molecule has 2 amide bonds.